The number of carboxylic acid groups (broad SMARTS) is 1. The second-order valence-electron chi connectivity index (χ2n) is 8.76. The van der Waals surface area contributed by atoms with Crippen molar-refractivity contribution in [1.82, 2.24) is 20.4 Å². The van der Waals surface area contributed by atoms with Gasteiger partial charge in [-0.15, -0.1) is 0 Å². The first-order chi connectivity index (χ1) is 17.2. The standard InChI is InChI=1S/C25H32FN5O5/c1-30(2)25(35)36-21-8-5-18(22(26)15-21)16-28-23(32)31-13-10-20(11-14-31)29-19-6-3-17(4-7-19)9-12-27-24(33)34/h3-8,15,20,27,29H,9-14,16H2,1-2H3,(H,28,32)(H,33,34). The van der Waals surface area contributed by atoms with Crippen molar-refractivity contribution in [2.24, 2.45) is 0 Å². The van der Waals surface area contributed by atoms with Gasteiger partial charge in [0.25, 0.3) is 0 Å². The summed E-state index contributed by atoms with van der Waals surface area (Å²) in [6.45, 7) is 1.54. The molecular formula is C25H32FN5O5. The molecule has 4 amide bonds. The van der Waals surface area contributed by atoms with Gasteiger partial charge < -0.3 is 35.6 Å². The van der Waals surface area contributed by atoms with Crippen LogP contribution in [-0.2, 0) is 13.0 Å². The lowest BCUT2D eigenvalue weighted by atomic mass is 10.0. The molecular weight excluding hydrogens is 469 g/mol. The number of piperidine rings is 1. The Morgan fingerprint density at radius 2 is 1.78 bits per heavy atom. The van der Waals surface area contributed by atoms with Crippen LogP contribution in [0.4, 0.5) is 24.5 Å². The highest BCUT2D eigenvalue weighted by Gasteiger charge is 2.23. The Morgan fingerprint density at radius 1 is 1.08 bits per heavy atom. The van der Waals surface area contributed by atoms with Gasteiger partial charge in [0.15, 0.2) is 0 Å². The number of nitrogens with one attached hydrogen (secondary N) is 3. The van der Waals surface area contributed by atoms with E-state index in [0.717, 1.165) is 30.2 Å². The Balaban J connectivity index is 1.40. The monoisotopic (exact) mass is 501 g/mol. The van der Waals surface area contributed by atoms with E-state index in [1.807, 2.05) is 24.3 Å². The summed E-state index contributed by atoms with van der Waals surface area (Å²) in [5, 5.41) is 17.2. The van der Waals surface area contributed by atoms with Crippen molar-refractivity contribution < 1.29 is 28.6 Å². The molecule has 0 unspecified atom stereocenters. The molecule has 1 heterocycles. The fraction of sp³-hybridized carbons (Fsp3) is 0.400. The number of rotatable bonds is 8. The summed E-state index contributed by atoms with van der Waals surface area (Å²) >= 11 is 0. The summed E-state index contributed by atoms with van der Waals surface area (Å²) in [6, 6.07) is 11.9. The van der Waals surface area contributed by atoms with Gasteiger partial charge in [0.1, 0.15) is 11.6 Å². The number of anilines is 1. The van der Waals surface area contributed by atoms with Crippen molar-refractivity contribution in [2.45, 2.75) is 31.8 Å². The van der Waals surface area contributed by atoms with Gasteiger partial charge >= 0.3 is 18.2 Å². The summed E-state index contributed by atoms with van der Waals surface area (Å²) in [4.78, 5) is 37.6. The van der Waals surface area contributed by atoms with Crippen molar-refractivity contribution in [3.63, 3.8) is 0 Å². The largest absolute Gasteiger partial charge is 0.465 e. The van der Waals surface area contributed by atoms with E-state index in [1.165, 1.54) is 31.1 Å². The number of carbonyl (C=O) groups excluding carboxylic acids is 2. The zero-order chi connectivity index (χ0) is 26.1. The molecule has 10 nitrogen and oxygen atoms in total. The van der Waals surface area contributed by atoms with Gasteiger partial charge in [0.05, 0.1) is 0 Å². The Hall–Kier alpha value is -4.02. The van der Waals surface area contributed by atoms with E-state index in [0.29, 0.717) is 31.6 Å². The third kappa shape index (κ3) is 8.03. The second-order valence-corrected chi connectivity index (χ2v) is 8.76. The number of nitrogens with zero attached hydrogens (tertiary/aromatic N) is 2. The Kier molecular flexibility index (Phi) is 9.32. The fourth-order valence-electron chi connectivity index (χ4n) is 3.75. The number of likely N-dealkylation sites (tertiary alicyclic amines) is 1. The van der Waals surface area contributed by atoms with Crippen LogP contribution in [0.1, 0.15) is 24.0 Å². The van der Waals surface area contributed by atoms with Crippen molar-refractivity contribution in [2.75, 3.05) is 39.0 Å². The Morgan fingerprint density at radius 3 is 2.39 bits per heavy atom. The first-order valence-electron chi connectivity index (χ1n) is 11.7. The molecule has 2 aromatic rings. The maximum Gasteiger partial charge on any atom is 0.414 e. The van der Waals surface area contributed by atoms with Crippen LogP contribution in [0, 0.1) is 5.82 Å². The summed E-state index contributed by atoms with van der Waals surface area (Å²) in [5.41, 5.74) is 2.32. The molecule has 4 N–H and O–H groups in total. The molecule has 3 rings (SSSR count). The van der Waals surface area contributed by atoms with Crippen LogP contribution in [0.3, 0.4) is 0 Å². The summed E-state index contributed by atoms with van der Waals surface area (Å²) in [6.07, 6.45) is 0.545. The average molecular weight is 502 g/mol. The second kappa shape index (κ2) is 12.6. The van der Waals surface area contributed by atoms with E-state index in [2.05, 4.69) is 16.0 Å². The van der Waals surface area contributed by atoms with Crippen LogP contribution < -0.4 is 20.7 Å². The van der Waals surface area contributed by atoms with Crippen molar-refractivity contribution in [3.05, 3.63) is 59.4 Å². The highest BCUT2D eigenvalue weighted by molar-refractivity contribution is 5.74. The number of urea groups is 1. The van der Waals surface area contributed by atoms with Crippen molar-refractivity contribution in [1.29, 1.82) is 0 Å². The zero-order valence-electron chi connectivity index (χ0n) is 20.4. The van der Waals surface area contributed by atoms with E-state index < -0.39 is 18.0 Å². The molecule has 1 saturated heterocycles. The smallest absolute Gasteiger partial charge is 0.414 e. The fourth-order valence-corrected chi connectivity index (χ4v) is 3.75. The lowest BCUT2D eigenvalue weighted by Crippen LogP contribution is -2.46. The topological polar surface area (TPSA) is 123 Å². The normalized spacial score (nSPS) is 13.6. The minimum Gasteiger partial charge on any atom is -0.465 e. The van der Waals surface area contributed by atoms with E-state index in [4.69, 9.17) is 9.84 Å². The van der Waals surface area contributed by atoms with Crippen LogP contribution in [0.15, 0.2) is 42.5 Å². The minimum absolute atomic E-state index is 0.0269. The van der Waals surface area contributed by atoms with Gasteiger partial charge in [0.2, 0.25) is 0 Å². The van der Waals surface area contributed by atoms with Gasteiger partial charge in [-0.05, 0) is 43.0 Å². The SMILES string of the molecule is CN(C)C(=O)Oc1ccc(CNC(=O)N2CCC(Nc3ccc(CCNC(=O)O)cc3)CC2)c(F)c1. The molecule has 1 aliphatic rings. The molecule has 0 saturated carbocycles. The van der Waals surface area contributed by atoms with Crippen LogP contribution >= 0.6 is 0 Å². The lowest BCUT2D eigenvalue weighted by molar-refractivity contribution is 0.171. The maximum absolute atomic E-state index is 14.4. The van der Waals surface area contributed by atoms with Crippen molar-refractivity contribution in [3.8, 4) is 5.75 Å². The highest BCUT2D eigenvalue weighted by atomic mass is 19.1. The van der Waals surface area contributed by atoms with Gasteiger partial charge in [-0.3, -0.25) is 0 Å². The lowest BCUT2D eigenvalue weighted by Gasteiger charge is -2.33. The maximum atomic E-state index is 14.4. The average Bonchev–Trinajstić information content (AvgIpc) is 2.84. The summed E-state index contributed by atoms with van der Waals surface area (Å²) in [7, 11) is 3.07. The summed E-state index contributed by atoms with van der Waals surface area (Å²) < 4.78 is 19.4. The Labute approximate surface area is 209 Å². The van der Waals surface area contributed by atoms with E-state index >= 15 is 0 Å². The van der Waals surface area contributed by atoms with Crippen LogP contribution in [0.2, 0.25) is 0 Å². The molecule has 1 fully saturated rings. The third-order valence-corrected chi connectivity index (χ3v) is 5.82. The molecule has 11 heteroatoms. The number of carbonyl (C=O) groups is 3. The van der Waals surface area contributed by atoms with E-state index in [-0.39, 0.29) is 24.4 Å². The molecule has 36 heavy (non-hydrogen) atoms. The van der Waals surface area contributed by atoms with Crippen LogP contribution in [-0.4, -0.2) is 72.9 Å². The van der Waals surface area contributed by atoms with Crippen LogP contribution in [0.5, 0.6) is 5.75 Å². The van der Waals surface area contributed by atoms with Crippen LogP contribution in [0.25, 0.3) is 0 Å². The molecule has 0 aromatic heterocycles. The van der Waals surface area contributed by atoms with Gasteiger partial charge in [-0.1, -0.05) is 18.2 Å². The quantitative estimate of drug-likeness (QED) is 0.439. The number of benzene rings is 2. The minimum atomic E-state index is -1.03. The molecule has 0 atom stereocenters. The highest BCUT2D eigenvalue weighted by Crippen LogP contribution is 2.19. The number of hydrogen-bond acceptors (Lipinski definition) is 5. The first kappa shape index (κ1) is 26.6. The molecule has 194 valence electrons. The predicted octanol–water partition coefficient (Wildman–Crippen LogP) is 3.48. The third-order valence-electron chi connectivity index (χ3n) is 5.82. The van der Waals surface area contributed by atoms with E-state index in [9.17, 15) is 18.8 Å². The van der Waals surface area contributed by atoms with Gasteiger partial charge in [-0.25, -0.2) is 18.8 Å². The number of halogens is 1. The van der Waals surface area contributed by atoms with E-state index in [1.54, 1.807) is 4.90 Å². The molecule has 0 aliphatic carbocycles. The zero-order valence-corrected chi connectivity index (χ0v) is 20.4. The molecule has 0 radical (unpaired) electrons. The van der Waals surface area contributed by atoms with Gasteiger partial charge in [-0.2, -0.15) is 0 Å². The Bertz CT molecular complexity index is 1060. The molecule has 0 bridgehead atoms. The summed E-state index contributed by atoms with van der Waals surface area (Å²) in [5.74, 6) is -0.466. The van der Waals surface area contributed by atoms with Gasteiger partial charge in [0, 0.05) is 63.6 Å². The number of amides is 4. The van der Waals surface area contributed by atoms with Crippen molar-refractivity contribution >= 4 is 23.9 Å². The molecule has 1 aliphatic heterocycles. The molecule has 2 aromatic carbocycles. The predicted molar refractivity (Wildman–Crippen MR) is 133 cm³/mol. The first-order valence-corrected chi connectivity index (χ1v) is 11.7. The number of ether oxygens (including phenoxy) is 1. The molecule has 0 spiro atoms. The number of hydrogen-bond donors (Lipinski definition) is 4.